The van der Waals surface area contributed by atoms with Crippen LogP contribution >= 0.6 is 0 Å². The molecule has 0 radical (unpaired) electrons. The molecule has 19 heavy (non-hydrogen) atoms. The third kappa shape index (κ3) is 2.54. The maximum atomic E-state index is 13.2. The molecule has 0 aliphatic rings. The Kier molecular flexibility index (Phi) is 3.46. The van der Waals surface area contributed by atoms with E-state index in [1.54, 1.807) is 26.2 Å². The number of anilines is 2. The minimum Gasteiger partial charge on any atom is -0.396 e. The van der Waals surface area contributed by atoms with E-state index in [1.807, 2.05) is 0 Å². The Bertz CT molecular complexity index is 628. The fraction of sp³-hybridized carbons (Fsp3) is 0.143. The van der Waals surface area contributed by atoms with Gasteiger partial charge in [0.15, 0.2) is 0 Å². The molecule has 0 aliphatic heterocycles. The van der Waals surface area contributed by atoms with Crippen molar-refractivity contribution in [3.05, 3.63) is 53.6 Å². The molecule has 4 nitrogen and oxygen atoms in total. The van der Waals surface area contributed by atoms with Gasteiger partial charge in [0.1, 0.15) is 5.82 Å². The number of carbonyl (C=O) groups excluding carboxylic acids is 1. The van der Waals surface area contributed by atoms with Gasteiger partial charge in [-0.1, -0.05) is 0 Å². The maximum Gasteiger partial charge on any atom is 0.258 e. The molecular formula is C14H14FN3O. The lowest BCUT2D eigenvalue weighted by molar-refractivity contribution is 0.0993. The first-order valence-corrected chi connectivity index (χ1v) is 5.74. The summed E-state index contributed by atoms with van der Waals surface area (Å²) < 4.78 is 13.2. The first-order chi connectivity index (χ1) is 9.00. The number of carbonyl (C=O) groups is 1. The molecule has 5 heteroatoms. The minimum atomic E-state index is -0.331. The van der Waals surface area contributed by atoms with Gasteiger partial charge in [0.05, 0.1) is 17.6 Å². The molecule has 2 rings (SSSR count). The standard InChI is InChI=1S/C14H14FN3O/c1-9-7-10(3-4-11(9)15)14(19)18(2)13-5-6-17-8-12(13)16/h3-8H,16H2,1-2H3. The molecule has 0 bridgehead atoms. The van der Waals surface area contributed by atoms with E-state index in [9.17, 15) is 9.18 Å². The second kappa shape index (κ2) is 5.06. The van der Waals surface area contributed by atoms with Crippen LogP contribution in [0.15, 0.2) is 36.7 Å². The van der Waals surface area contributed by atoms with Crippen molar-refractivity contribution in [3.8, 4) is 0 Å². The highest BCUT2D eigenvalue weighted by molar-refractivity contribution is 6.07. The van der Waals surface area contributed by atoms with E-state index in [1.165, 1.54) is 29.3 Å². The zero-order valence-corrected chi connectivity index (χ0v) is 10.7. The molecule has 0 atom stereocenters. The first-order valence-electron chi connectivity index (χ1n) is 5.74. The Labute approximate surface area is 110 Å². The lowest BCUT2D eigenvalue weighted by atomic mass is 10.1. The maximum absolute atomic E-state index is 13.2. The zero-order valence-electron chi connectivity index (χ0n) is 10.7. The lowest BCUT2D eigenvalue weighted by Crippen LogP contribution is -2.27. The normalized spacial score (nSPS) is 10.3. The van der Waals surface area contributed by atoms with Crippen molar-refractivity contribution in [1.29, 1.82) is 0 Å². The number of rotatable bonds is 2. The fourth-order valence-electron chi connectivity index (χ4n) is 1.79. The topological polar surface area (TPSA) is 59.2 Å². The van der Waals surface area contributed by atoms with E-state index in [0.29, 0.717) is 22.5 Å². The van der Waals surface area contributed by atoms with Crippen LogP contribution in [0.1, 0.15) is 15.9 Å². The van der Waals surface area contributed by atoms with Crippen molar-refractivity contribution >= 4 is 17.3 Å². The summed E-state index contributed by atoms with van der Waals surface area (Å²) in [7, 11) is 1.62. The van der Waals surface area contributed by atoms with Crippen molar-refractivity contribution in [2.45, 2.75) is 6.92 Å². The Morgan fingerprint density at radius 3 is 2.74 bits per heavy atom. The van der Waals surface area contributed by atoms with Crippen LogP contribution in [-0.2, 0) is 0 Å². The smallest absolute Gasteiger partial charge is 0.258 e. The Hall–Kier alpha value is -2.43. The average Bonchev–Trinajstić information content (AvgIpc) is 2.41. The third-order valence-corrected chi connectivity index (χ3v) is 2.90. The van der Waals surface area contributed by atoms with Crippen LogP contribution in [-0.4, -0.2) is 17.9 Å². The van der Waals surface area contributed by atoms with E-state index in [4.69, 9.17) is 5.73 Å². The van der Waals surface area contributed by atoms with Gasteiger partial charge in [0.25, 0.3) is 5.91 Å². The Balaban J connectivity index is 2.34. The number of nitrogens with zero attached hydrogens (tertiary/aromatic N) is 2. The van der Waals surface area contributed by atoms with Crippen molar-refractivity contribution in [3.63, 3.8) is 0 Å². The van der Waals surface area contributed by atoms with Crippen LogP contribution in [0.25, 0.3) is 0 Å². The molecule has 98 valence electrons. The molecular weight excluding hydrogens is 245 g/mol. The van der Waals surface area contributed by atoms with Gasteiger partial charge >= 0.3 is 0 Å². The van der Waals surface area contributed by atoms with Crippen LogP contribution in [0.4, 0.5) is 15.8 Å². The van der Waals surface area contributed by atoms with Crippen LogP contribution in [0, 0.1) is 12.7 Å². The highest BCUT2D eigenvalue weighted by atomic mass is 19.1. The number of pyridine rings is 1. The predicted molar refractivity (Wildman–Crippen MR) is 72.5 cm³/mol. The molecule has 0 saturated carbocycles. The van der Waals surface area contributed by atoms with E-state index in [-0.39, 0.29) is 11.7 Å². The summed E-state index contributed by atoms with van der Waals surface area (Å²) in [5.74, 6) is -0.580. The second-order valence-corrected chi connectivity index (χ2v) is 4.26. The van der Waals surface area contributed by atoms with Crippen molar-refractivity contribution in [2.24, 2.45) is 0 Å². The van der Waals surface area contributed by atoms with E-state index in [2.05, 4.69) is 4.98 Å². The van der Waals surface area contributed by atoms with Gasteiger partial charge in [-0.2, -0.15) is 0 Å². The van der Waals surface area contributed by atoms with E-state index >= 15 is 0 Å². The molecule has 0 spiro atoms. The van der Waals surface area contributed by atoms with Gasteiger partial charge < -0.3 is 10.6 Å². The SMILES string of the molecule is Cc1cc(C(=O)N(C)c2ccncc2N)ccc1F. The molecule has 2 aromatic rings. The molecule has 1 aromatic heterocycles. The summed E-state index contributed by atoms with van der Waals surface area (Å²) >= 11 is 0. The van der Waals surface area contributed by atoms with Gasteiger partial charge in [-0.05, 0) is 36.8 Å². The summed E-state index contributed by atoms with van der Waals surface area (Å²) in [6.07, 6.45) is 3.04. The zero-order chi connectivity index (χ0) is 14.0. The van der Waals surface area contributed by atoms with Crippen LogP contribution < -0.4 is 10.6 Å². The first kappa shape index (κ1) is 13.0. The molecule has 1 aromatic carbocycles. The Morgan fingerprint density at radius 2 is 2.11 bits per heavy atom. The van der Waals surface area contributed by atoms with Gasteiger partial charge in [0, 0.05) is 18.8 Å². The third-order valence-electron chi connectivity index (χ3n) is 2.90. The monoisotopic (exact) mass is 259 g/mol. The van der Waals surface area contributed by atoms with Gasteiger partial charge in [0.2, 0.25) is 0 Å². The van der Waals surface area contributed by atoms with E-state index in [0.717, 1.165) is 0 Å². The highest BCUT2D eigenvalue weighted by Gasteiger charge is 2.16. The number of aromatic nitrogens is 1. The van der Waals surface area contributed by atoms with Gasteiger partial charge in [-0.3, -0.25) is 9.78 Å². The summed E-state index contributed by atoms with van der Waals surface area (Å²) in [4.78, 5) is 17.6. The number of amides is 1. The van der Waals surface area contributed by atoms with Gasteiger partial charge in [-0.25, -0.2) is 4.39 Å². The second-order valence-electron chi connectivity index (χ2n) is 4.26. The lowest BCUT2D eigenvalue weighted by Gasteiger charge is -2.19. The number of nitrogen functional groups attached to an aromatic ring is 1. The van der Waals surface area contributed by atoms with Crippen molar-refractivity contribution < 1.29 is 9.18 Å². The van der Waals surface area contributed by atoms with Crippen molar-refractivity contribution in [1.82, 2.24) is 4.98 Å². The van der Waals surface area contributed by atoms with E-state index < -0.39 is 0 Å². The number of hydrogen-bond acceptors (Lipinski definition) is 3. The number of halogens is 1. The number of benzene rings is 1. The number of aryl methyl sites for hydroxylation is 1. The molecule has 0 fully saturated rings. The highest BCUT2D eigenvalue weighted by Crippen LogP contribution is 2.22. The summed E-state index contributed by atoms with van der Waals surface area (Å²) in [6.45, 7) is 1.62. The molecule has 2 N–H and O–H groups in total. The Morgan fingerprint density at radius 1 is 1.37 bits per heavy atom. The molecule has 1 amide bonds. The van der Waals surface area contributed by atoms with Crippen LogP contribution in [0.2, 0.25) is 0 Å². The average molecular weight is 259 g/mol. The van der Waals surface area contributed by atoms with Crippen LogP contribution in [0.5, 0.6) is 0 Å². The molecule has 1 heterocycles. The quantitative estimate of drug-likeness (QED) is 0.900. The number of hydrogen-bond donors (Lipinski definition) is 1. The number of nitrogens with two attached hydrogens (primary N) is 1. The molecule has 0 unspecified atom stereocenters. The van der Waals surface area contributed by atoms with Gasteiger partial charge in [-0.15, -0.1) is 0 Å². The fourth-order valence-corrected chi connectivity index (χ4v) is 1.79. The van der Waals surface area contributed by atoms with Crippen molar-refractivity contribution in [2.75, 3.05) is 17.7 Å². The molecule has 0 saturated heterocycles. The summed E-state index contributed by atoms with van der Waals surface area (Å²) in [5, 5.41) is 0. The summed E-state index contributed by atoms with van der Waals surface area (Å²) in [5.41, 5.74) is 7.61. The largest absolute Gasteiger partial charge is 0.396 e. The van der Waals surface area contributed by atoms with Crippen LogP contribution in [0.3, 0.4) is 0 Å². The summed E-state index contributed by atoms with van der Waals surface area (Å²) in [6, 6.07) is 5.92. The minimum absolute atomic E-state index is 0.249. The molecule has 0 aliphatic carbocycles. The predicted octanol–water partition coefficient (Wildman–Crippen LogP) is 2.39.